The molecule has 8 heteroatoms. The van der Waals surface area contributed by atoms with Crippen molar-refractivity contribution >= 4 is 17.5 Å². The Hall–Kier alpha value is -4.20. The number of halogens is 1. The minimum Gasteiger partial charge on any atom is -0.497 e. The number of nitrogens with zero attached hydrogens (tertiary/aromatic N) is 3. The highest BCUT2D eigenvalue weighted by atomic mass is 19.1. The van der Waals surface area contributed by atoms with Crippen LogP contribution in [0.3, 0.4) is 0 Å². The average molecular weight is 476 g/mol. The number of rotatable bonds is 7. The van der Waals surface area contributed by atoms with E-state index in [1.807, 2.05) is 48.5 Å². The molecular weight excluding hydrogens is 449 g/mol. The average Bonchev–Trinajstić information content (AvgIpc) is 3.34. The van der Waals surface area contributed by atoms with E-state index in [0.717, 1.165) is 22.9 Å². The number of benzene rings is 3. The van der Waals surface area contributed by atoms with E-state index in [1.165, 1.54) is 35.2 Å². The van der Waals surface area contributed by atoms with Crippen LogP contribution in [0.15, 0.2) is 77.9 Å². The Morgan fingerprint density at radius 1 is 1.00 bits per heavy atom. The standard InChI is InChI=1S/C27H26FN3O4/c1-30(27(33)20-7-4-8-21(28)14-20)17-26(32)31-25(18-10-12-22(34-2)13-11-18)16-24(29-31)19-6-5-9-23(15-19)35-3/h4-15,25H,16-17H2,1-3H3. The minimum absolute atomic E-state index is 0.175. The van der Waals surface area contributed by atoms with E-state index in [4.69, 9.17) is 9.47 Å². The molecule has 1 aliphatic rings. The second-order valence-corrected chi connectivity index (χ2v) is 8.18. The summed E-state index contributed by atoms with van der Waals surface area (Å²) in [6.45, 7) is -0.211. The first kappa shape index (κ1) is 23.9. The molecule has 0 aromatic heterocycles. The van der Waals surface area contributed by atoms with Crippen molar-refractivity contribution in [2.45, 2.75) is 12.5 Å². The molecule has 0 spiro atoms. The molecule has 0 bridgehead atoms. The van der Waals surface area contributed by atoms with Gasteiger partial charge in [0.2, 0.25) is 0 Å². The molecule has 35 heavy (non-hydrogen) atoms. The topological polar surface area (TPSA) is 71.4 Å². The van der Waals surface area contributed by atoms with Crippen LogP contribution in [0.1, 0.15) is 33.9 Å². The second kappa shape index (κ2) is 10.4. The van der Waals surface area contributed by atoms with E-state index < -0.39 is 11.7 Å². The van der Waals surface area contributed by atoms with Crippen LogP contribution in [0.2, 0.25) is 0 Å². The molecular formula is C27H26FN3O4. The molecule has 0 aliphatic carbocycles. The molecule has 1 unspecified atom stereocenters. The van der Waals surface area contributed by atoms with Crippen molar-refractivity contribution in [1.29, 1.82) is 0 Å². The third kappa shape index (κ3) is 5.32. The van der Waals surface area contributed by atoms with Crippen molar-refractivity contribution in [2.75, 3.05) is 27.8 Å². The lowest BCUT2D eigenvalue weighted by Crippen LogP contribution is -2.39. The van der Waals surface area contributed by atoms with Crippen molar-refractivity contribution < 1.29 is 23.5 Å². The molecule has 1 heterocycles. The lowest BCUT2D eigenvalue weighted by atomic mass is 9.98. The van der Waals surface area contributed by atoms with Gasteiger partial charge in [0.05, 0.1) is 26.0 Å². The quantitative estimate of drug-likeness (QED) is 0.511. The summed E-state index contributed by atoms with van der Waals surface area (Å²) in [4.78, 5) is 27.4. The minimum atomic E-state index is -0.512. The van der Waals surface area contributed by atoms with Gasteiger partial charge in [0.25, 0.3) is 11.8 Å². The van der Waals surface area contributed by atoms with Crippen LogP contribution < -0.4 is 9.47 Å². The van der Waals surface area contributed by atoms with E-state index in [2.05, 4.69) is 5.10 Å². The first-order valence-electron chi connectivity index (χ1n) is 11.1. The summed E-state index contributed by atoms with van der Waals surface area (Å²) in [6.07, 6.45) is 0.493. The first-order chi connectivity index (χ1) is 16.9. The number of carbonyl (C=O) groups excluding carboxylic acids is 2. The second-order valence-electron chi connectivity index (χ2n) is 8.18. The smallest absolute Gasteiger partial charge is 0.262 e. The number of ether oxygens (including phenoxy) is 2. The van der Waals surface area contributed by atoms with Crippen molar-refractivity contribution in [3.8, 4) is 11.5 Å². The molecule has 0 radical (unpaired) electrons. The fourth-order valence-electron chi connectivity index (χ4n) is 3.99. The molecule has 1 aliphatic heterocycles. The van der Waals surface area contributed by atoms with E-state index in [0.29, 0.717) is 17.9 Å². The van der Waals surface area contributed by atoms with Gasteiger partial charge in [-0.25, -0.2) is 9.40 Å². The number of hydrogen-bond donors (Lipinski definition) is 0. The summed E-state index contributed by atoms with van der Waals surface area (Å²) in [5.41, 5.74) is 2.65. The van der Waals surface area contributed by atoms with Crippen molar-refractivity contribution in [3.05, 3.63) is 95.3 Å². The summed E-state index contributed by atoms with van der Waals surface area (Å²) in [7, 11) is 4.70. The van der Waals surface area contributed by atoms with Crippen LogP contribution in [-0.4, -0.2) is 55.2 Å². The first-order valence-corrected chi connectivity index (χ1v) is 11.1. The largest absolute Gasteiger partial charge is 0.497 e. The molecule has 4 rings (SSSR count). The number of likely N-dealkylation sites (N-methyl/N-ethyl adjacent to an activating group) is 1. The maximum Gasteiger partial charge on any atom is 0.262 e. The van der Waals surface area contributed by atoms with Crippen LogP contribution in [0, 0.1) is 5.82 Å². The van der Waals surface area contributed by atoms with Gasteiger partial charge in [-0.05, 0) is 48.0 Å². The predicted molar refractivity (Wildman–Crippen MR) is 130 cm³/mol. The zero-order chi connectivity index (χ0) is 24.9. The van der Waals surface area contributed by atoms with Crippen molar-refractivity contribution in [2.24, 2.45) is 5.10 Å². The van der Waals surface area contributed by atoms with Crippen LogP contribution >= 0.6 is 0 Å². The van der Waals surface area contributed by atoms with Gasteiger partial charge < -0.3 is 14.4 Å². The Labute approximate surface area is 203 Å². The highest BCUT2D eigenvalue weighted by Crippen LogP contribution is 2.34. The van der Waals surface area contributed by atoms with E-state index in [9.17, 15) is 14.0 Å². The molecule has 2 amide bonds. The summed E-state index contributed by atoms with van der Waals surface area (Å²) < 4.78 is 24.2. The lowest BCUT2D eigenvalue weighted by molar-refractivity contribution is -0.133. The van der Waals surface area contributed by atoms with Gasteiger partial charge in [0.1, 0.15) is 23.9 Å². The van der Waals surface area contributed by atoms with Gasteiger partial charge >= 0.3 is 0 Å². The van der Waals surface area contributed by atoms with Gasteiger partial charge in [-0.1, -0.05) is 30.3 Å². The number of hydrogen-bond acceptors (Lipinski definition) is 5. The Morgan fingerprint density at radius 2 is 1.71 bits per heavy atom. The molecule has 0 fully saturated rings. The van der Waals surface area contributed by atoms with Gasteiger partial charge in [0.15, 0.2) is 0 Å². The fraction of sp³-hybridized carbons (Fsp3) is 0.222. The SMILES string of the molecule is COc1ccc(C2CC(c3cccc(OC)c3)=NN2C(=O)CN(C)C(=O)c2cccc(F)c2)cc1. The van der Waals surface area contributed by atoms with Gasteiger partial charge in [-0.3, -0.25) is 9.59 Å². The van der Waals surface area contributed by atoms with Crippen LogP contribution in [0.25, 0.3) is 0 Å². The van der Waals surface area contributed by atoms with Gasteiger partial charge in [-0.15, -0.1) is 0 Å². The highest BCUT2D eigenvalue weighted by Gasteiger charge is 2.34. The Balaban J connectivity index is 1.60. The molecule has 1 atom stereocenters. The van der Waals surface area contributed by atoms with E-state index in [-0.39, 0.29) is 24.1 Å². The summed E-state index contributed by atoms with van der Waals surface area (Å²) in [6, 6.07) is 20.0. The summed E-state index contributed by atoms with van der Waals surface area (Å²) in [5.74, 6) is 0.0867. The molecule has 0 saturated heterocycles. The van der Waals surface area contributed by atoms with Crippen LogP contribution in [0.5, 0.6) is 11.5 Å². The van der Waals surface area contributed by atoms with Crippen LogP contribution in [0.4, 0.5) is 4.39 Å². The van der Waals surface area contributed by atoms with E-state index >= 15 is 0 Å². The fourth-order valence-corrected chi connectivity index (χ4v) is 3.99. The molecule has 3 aromatic carbocycles. The monoisotopic (exact) mass is 475 g/mol. The molecule has 3 aromatic rings. The Morgan fingerprint density at radius 3 is 2.40 bits per heavy atom. The number of hydrazone groups is 1. The molecule has 7 nitrogen and oxygen atoms in total. The third-order valence-electron chi connectivity index (χ3n) is 5.86. The van der Waals surface area contributed by atoms with E-state index in [1.54, 1.807) is 14.2 Å². The lowest BCUT2D eigenvalue weighted by Gasteiger charge is -2.25. The Kier molecular flexibility index (Phi) is 7.10. The highest BCUT2D eigenvalue weighted by molar-refractivity contribution is 6.04. The normalized spacial score (nSPS) is 14.9. The zero-order valence-corrected chi connectivity index (χ0v) is 19.8. The van der Waals surface area contributed by atoms with Crippen molar-refractivity contribution in [1.82, 2.24) is 9.91 Å². The number of amides is 2. The van der Waals surface area contributed by atoms with Crippen molar-refractivity contribution in [3.63, 3.8) is 0 Å². The van der Waals surface area contributed by atoms with Gasteiger partial charge in [0, 0.05) is 24.6 Å². The molecule has 180 valence electrons. The molecule has 0 N–H and O–H groups in total. The summed E-state index contributed by atoms with van der Waals surface area (Å²) in [5, 5.41) is 6.07. The number of methoxy groups -OCH3 is 2. The maximum absolute atomic E-state index is 13.6. The number of carbonyl (C=O) groups is 2. The van der Waals surface area contributed by atoms with Gasteiger partial charge in [-0.2, -0.15) is 5.10 Å². The maximum atomic E-state index is 13.6. The molecule has 0 saturated carbocycles. The zero-order valence-electron chi connectivity index (χ0n) is 19.8. The summed E-state index contributed by atoms with van der Waals surface area (Å²) >= 11 is 0. The third-order valence-corrected chi connectivity index (χ3v) is 5.86. The Bertz CT molecular complexity index is 1260. The van der Waals surface area contributed by atoms with Crippen LogP contribution in [-0.2, 0) is 4.79 Å². The predicted octanol–water partition coefficient (Wildman–Crippen LogP) is 4.29.